The molecule has 0 saturated carbocycles. The average molecular weight is 186 g/mol. The number of hydrogen-bond acceptors (Lipinski definition) is 2. The number of rotatable bonds is 4. The normalized spacial score (nSPS) is 13.2. The Morgan fingerprint density at radius 3 is 2.92 bits per heavy atom. The molecule has 12 heavy (non-hydrogen) atoms. The summed E-state index contributed by atoms with van der Waals surface area (Å²) in [5, 5.41) is 13.3. The summed E-state index contributed by atoms with van der Waals surface area (Å²) in [4.78, 5) is 1.41. The molecule has 1 rings (SSSR count). The van der Waals surface area contributed by atoms with E-state index in [1.54, 1.807) is 11.3 Å². The van der Waals surface area contributed by atoms with E-state index in [0.29, 0.717) is 0 Å². The fraction of sp³-hybridized carbons (Fsp3) is 0.556. The highest BCUT2D eigenvalue weighted by molar-refractivity contribution is 7.10. The van der Waals surface area contributed by atoms with Crippen LogP contribution < -0.4 is 5.32 Å². The summed E-state index contributed by atoms with van der Waals surface area (Å²) in [5.74, 6) is 0. The zero-order valence-electron chi connectivity index (χ0n) is 7.58. The van der Waals surface area contributed by atoms with Crippen molar-refractivity contribution in [1.82, 2.24) is 0 Å². The number of hydrogen-bond donors (Lipinski definition) is 2. The van der Waals surface area contributed by atoms with Gasteiger partial charge in [0.05, 0.1) is 11.0 Å². The number of quaternary nitrogens is 1. The molecule has 3 N–H and O–H groups in total. The van der Waals surface area contributed by atoms with Gasteiger partial charge in [0.15, 0.2) is 0 Å². The third kappa shape index (κ3) is 2.93. The van der Waals surface area contributed by atoms with Crippen LogP contribution in [0.4, 0.5) is 0 Å². The second-order valence-corrected chi connectivity index (χ2v) is 4.10. The molecule has 0 aliphatic rings. The fourth-order valence-corrected chi connectivity index (χ4v) is 1.97. The van der Waals surface area contributed by atoms with E-state index < -0.39 is 0 Å². The summed E-state index contributed by atoms with van der Waals surface area (Å²) >= 11 is 1.79. The molecule has 1 atom stereocenters. The van der Waals surface area contributed by atoms with E-state index in [9.17, 15) is 0 Å². The molecule has 0 unspecified atom stereocenters. The number of aryl methyl sites for hydroxylation is 1. The van der Waals surface area contributed by atoms with Gasteiger partial charge in [-0.1, -0.05) is 0 Å². The van der Waals surface area contributed by atoms with Gasteiger partial charge in [0, 0.05) is 0 Å². The lowest BCUT2D eigenvalue weighted by Gasteiger charge is -2.02. The third-order valence-corrected chi connectivity index (χ3v) is 2.85. The number of aliphatic hydroxyl groups is 1. The molecule has 0 saturated heterocycles. The Labute approximate surface area is 77.2 Å². The molecule has 0 radical (unpaired) electrons. The summed E-state index contributed by atoms with van der Waals surface area (Å²) in [6, 6.07) is 2.14. The quantitative estimate of drug-likeness (QED) is 0.706. The Balaban J connectivity index is 2.29. The maximum Gasteiger partial charge on any atom is 0.111 e. The number of nitrogens with two attached hydrogens (primary N) is 1. The van der Waals surface area contributed by atoms with Crippen LogP contribution in [0.25, 0.3) is 0 Å². The fourth-order valence-electron chi connectivity index (χ4n) is 1.07. The Morgan fingerprint density at radius 1 is 1.67 bits per heavy atom. The SMILES string of the molecule is Cc1ccsc1C[NH2+]C[C@H](C)O. The molecule has 0 aliphatic carbocycles. The lowest BCUT2D eigenvalue weighted by molar-refractivity contribution is -0.675. The molecular formula is C9H16NOS+. The van der Waals surface area contributed by atoms with E-state index in [-0.39, 0.29) is 6.10 Å². The Kier molecular flexibility index (Phi) is 3.72. The highest BCUT2D eigenvalue weighted by Crippen LogP contribution is 2.13. The summed E-state index contributed by atoms with van der Waals surface area (Å²) in [5.41, 5.74) is 1.36. The first-order chi connectivity index (χ1) is 5.70. The largest absolute Gasteiger partial charge is 0.388 e. The van der Waals surface area contributed by atoms with Gasteiger partial charge in [-0.15, -0.1) is 11.3 Å². The summed E-state index contributed by atoms with van der Waals surface area (Å²) in [6.45, 7) is 5.73. The molecule has 1 aromatic rings. The minimum Gasteiger partial charge on any atom is -0.388 e. The standard InChI is InChI=1S/C9H15NOS/c1-7-3-4-12-9(7)6-10-5-8(2)11/h3-4,8,10-11H,5-6H2,1-2H3/p+1/t8-/m0/s1. The lowest BCUT2D eigenvalue weighted by Crippen LogP contribution is -2.84. The van der Waals surface area contributed by atoms with E-state index in [4.69, 9.17) is 5.11 Å². The van der Waals surface area contributed by atoms with Gasteiger partial charge in [-0.05, 0) is 30.9 Å². The van der Waals surface area contributed by atoms with Crippen molar-refractivity contribution in [3.63, 3.8) is 0 Å². The first-order valence-corrected chi connectivity index (χ1v) is 5.11. The van der Waals surface area contributed by atoms with Gasteiger partial charge in [0.25, 0.3) is 0 Å². The molecule has 0 spiro atoms. The van der Waals surface area contributed by atoms with E-state index in [1.807, 2.05) is 6.92 Å². The summed E-state index contributed by atoms with van der Waals surface area (Å²) in [7, 11) is 0. The van der Waals surface area contributed by atoms with Gasteiger partial charge in [-0.2, -0.15) is 0 Å². The molecule has 2 nitrogen and oxygen atoms in total. The zero-order valence-corrected chi connectivity index (χ0v) is 8.40. The summed E-state index contributed by atoms with van der Waals surface area (Å²) in [6.07, 6.45) is -0.203. The predicted octanol–water partition coefficient (Wildman–Crippen LogP) is 0.501. The van der Waals surface area contributed by atoms with Crippen LogP contribution in [0.2, 0.25) is 0 Å². The van der Waals surface area contributed by atoms with E-state index in [1.165, 1.54) is 10.4 Å². The molecule has 0 bridgehead atoms. The smallest absolute Gasteiger partial charge is 0.111 e. The molecule has 3 heteroatoms. The highest BCUT2D eigenvalue weighted by Gasteiger charge is 2.02. The average Bonchev–Trinajstić information content (AvgIpc) is 2.36. The molecule has 0 aromatic carbocycles. The van der Waals surface area contributed by atoms with Crippen LogP contribution in [0, 0.1) is 6.92 Å². The van der Waals surface area contributed by atoms with Gasteiger partial charge in [-0.25, -0.2) is 0 Å². The van der Waals surface area contributed by atoms with E-state index >= 15 is 0 Å². The topological polar surface area (TPSA) is 36.8 Å². The van der Waals surface area contributed by atoms with Crippen molar-refractivity contribution in [2.24, 2.45) is 0 Å². The van der Waals surface area contributed by atoms with Gasteiger partial charge in [0.1, 0.15) is 13.1 Å². The molecule has 0 amide bonds. The van der Waals surface area contributed by atoms with Crippen molar-refractivity contribution >= 4 is 11.3 Å². The first kappa shape index (κ1) is 9.71. The molecule has 0 fully saturated rings. The van der Waals surface area contributed by atoms with Crippen molar-refractivity contribution in [1.29, 1.82) is 0 Å². The van der Waals surface area contributed by atoms with Crippen molar-refractivity contribution in [2.75, 3.05) is 6.54 Å². The molecule has 68 valence electrons. The minimum absolute atomic E-state index is 0.203. The predicted molar refractivity (Wildman–Crippen MR) is 51.2 cm³/mol. The van der Waals surface area contributed by atoms with E-state index in [2.05, 4.69) is 23.7 Å². The van der Waals surface area contributed by atoms with Crippen LogP contribution in [-0.2, 0) is 6.54 Å². The first-order valence-electron chi connectivity index (χ1n) is 4.23. The Hall–Kier alpha value is -0.380. The van der Waals surface area contributed by atoms with Gasteiger partial charge in [-0.3, -0.25) is 0 Å². The van der Waals surface area contributed by atoms with Crippen molar-refractivity contribution in [3.8, 4) is 0 Å². The van der Waals surface area contributed by atoms with Crippen LogP contribution in [0.15, 0.2) is 11.4 Å². The maximum atomic E-state index is 9.02. The van der Waals surface area contributed by atoms with Crippen LogP contribution in [-0.4, -0.2) is 17.8 Å². The lowest BCUT2D eigenvalue weighted by atomic mass is 10.3. The van der Waals surface area contributed by atoms with Gasteiger partial charge < -0.3 is 10.4 Å². The van der Waals surface area contributed by atoms with Gasteiger partial charge >= 0.3 is 0 Å². The number of thiophene rings is 1. The van der Waals surface area contributed by atoms with Crippen molar-refractivity contribution in [2.45, 2.75) is 26.5 Å². The molecule has 0 aliphatic heterocycles. The summed E-state index contributed by atoms with van der Waals surface area (Å²) < 4.78 is 0. The van der Waals surface area contributed by atoms with Crippen molar-refractivity contribution < 1.29 is 10.4 Å². The monoisotopic (exact) mass is 186 g/mol. The van der Waals surface area contributed by atoms with Gasteiger partial charge in [0.2, 0.25) is 0 Å². The van der Waals surface area contributed by atoms with Crippen LogP contribution in [0.3, 0.4) is 0 Å². The second kappa shape index (κ2) is 4.60. The second-order valence-electron chi connectivity index (χ2n) is 3.10. The van der Waals surface area contributed by atoms with Crippen LogP contribution >= 0.6 is 11.3 Å². The molecule has 1 aromatic heterocycles. The van der Waals surface area contributed by atoms with Crippen LogP contribution in [0.1, 0.15) is 17.4 Å². The third-order valence-electron chi connectivity index (χ3n) is 1.81. The highest BCUT2D eigenvalue weighted by atomic mass is 32.1. The molecule has 1 heterocycles. The Bertz CT molecular complexity index is 232. The maximum absolute atomic E-state index is 9.02. The number of aliphatic hydroxyl groups excluding tert-OH is 1. The van der Waals surface area contributed by atoms with Crippen molar-refractivity contribution in [3.05, 3.63) is 21.9 Å². The Morgan fingerprint density at radius 2 is 2.42 bits per heavy atom. The minimum atomic E-state index is -0.203. The van der Waals surface area contributed by atoms with Crippen LogP contribution in [0.5, 0.6) is 0 Å². The van der Waals surface area contributed by atoms with E-state index in [0.717, 1.165) is 13.1 Å². The zero-order chi connectivity index (χ0) is 8.97. The molecular weight excluding hydrogens is 170 g/mol.